The Morgan fingerprint density at radius 1 is 0.971 bits per heavy atom. The summed E-state index contributed by atoms with van der Waals surface area (Å²) in [6.45, 7) is 0.136. The number of ketones is 1. The van der Waals surface area contributed by atoms with Crippen LogP contribution >= 0.6 is 0 Å². The fourth-order valence-corrected chi connectivity index (χ4v) is 4.01. The van der Waals surface area contributed by atoms with Crippen molar-refractivity contribution in [3.05, 3.63) is 89.3 Å². The highest BCUT2D eigenvalue weighted by Crippen LogP contribution is 2.42. The number of benzene rings is 2. The van der Waals surface area contributed by atoms with Crippen molar-refractivity contribution in [2.24, 2.45) is 0 Å². The van der Waals surface area contributed by atoms with Crippen LogP contribution in [-0.4, -0.2) is 48.0 Å². The monoisotopic (exact) mass is 460 g/mol. The summed E-state index contributed by atoms with van der Waals surface area (Å²) in [4.78, 5) is 31.9. The molecule has 8 nitrogen and oxygen atoms in total. The molecular formula is C26H24N2O6. The summed E-state index contributed by atoms with van der Waals surface area (Å²) in [5.74, 6) is -0.197. The fraction of sp³-hybridized carbons (Fsp3) is 0.192. The number of aromatic nitrogens is 1. The Kier molecular flexibility index (Phi) is 6.49. The van der Waals surface area contributed by atoms with E-state index in [1.54, 1.807) is 60.9 Å². The van der Waals surface area contributed by atoms with E-state index < -0.39 is 17.7 Å². The van der Waals surface area contributed by atoms with E-state index in [9.17, 15) is 14.7 Å². The zero-order valence-corrected chi connectivity index (χ0v) is 19.0. The van der Waals surface area contributed by atoms with Crippen LogP contribution in [0.25, 0.3) is 5.76 Å². The largest absolute Gasteiger partial charge is 0.507 e. The fourth-order valence-electron chi connectivity index (χ4n) is 4.01. The van der Waals surface area contributed by atoms with E-state index in [2.05, 4.69) is 4.98 Å². The number of rotatable bonds is 7. The molecule has 2 heterocycles. The summed E-state index contributed by atoms with van der Waals surface area (Å²) < 4.78 is 15.9. The van der Waals surface area contributed by atoms with Gasteiger partial charge < -0.3 is 24.2 Å². The molecule has 2 aromatic carbocycles. The van der Waals surface area contributed by atoms with Crippen molar-refractivity contribution in [2.75, 3.05) is 21.3 Å². The van der Waals surface area contributed by atoms with E-state index in [0.29, 0.717) is 28.4 Å². The van der Waals surface area contributed by atoms with Gasteiger partial charge in [-0.1, -0.05) is 12.1 Å². The van der Waals surface area contributed by atoms with Crippen molar-refractivity contribution < 1.29 is 28.9 Å². The Bertz CT molecular complexity index is 1240. The van der Waals surface area contributed by atoms with E-state index in [-0.39, 0.29) is 17.9 Å². The Morgan fingerprint density at radius 2 is 1.71 bits per heavy atom. The molecule has 1 saturated heterocycles. The summed E-state index contributed by atoms with van der Waals surface area (Å²) in [5.41, 5.74) is 1.73. The molecule has 34 heavy (non-hydrogen) atoms. The number of nitrogens with zero attached hydrogens (tertiary/aromatic N) is 2. The van der Waals surface area contributed by atoms with Crippen LogP contribution in [0.1, 0.15) is 22.7 Å². The van der Waals surface area contributed by atoms with Gasteiger partial charge in [0.05, 0.1) is 32.9 Å². The van der Waals surface area contributed by atoms with Gasteiger partial charge in [0.15, 0.2) is 11.5 Å². The number of hydrogen-bond donors (Lipinski definition) is 1. The molecule has 1 aromatic heterocycles. The first-order valence-electron chi connectivity index (χ1n) is 10.5. The average Bonchev–Trinajstić information content (AvgIpc) is 3.13. The smallest absolute Gasteiger partial charge is 0.295 e. The van der Waals surface area contributed by atoms with E-state index in [4.69, 9.17) is 14.2 Å². The molecule has 3 aromatic rings. The van der Waals surface area contributed by atoms with Gasteiger partial charge in [0.2, 0.25) is 0 Å². The molecule has 0 bridgehead atoms. The maximum Gasteiger partial charge on any atom is 0.295 e. The first-order valence-corrected chi connectivity index (χ1v) is 10.5. The lowest BCUT2D eigenvalue weighted by Crippen LogP contribution is -2.29. The number of pyridine rings is 1. The number of carbonyl (C=O) groups is 2. The summed E-state index contributed by atoms with van der Waals surface area (Å²) >= 11 is 0. The van der Waals surface area contributed by atoms with Crippen LogP contribution in [0.2, 0.25) is 0 Å². The molecule has 1 aliphatic heterocycles. The van der Waals surface area contributed by atoms with Crippen molar-refractivity contribution in [3.63, 3.8) is 0 Å². The van der Waals surface area contributed by atoms with E-state index in [1.807, 2.05) is 6.07 Å². The van der Waals surface area contributed by atoms with E-state index in [1.165, 1.54) is 26.2 Å². The third kappa shape index (κ3) is 4.17. The molecule has 8 heteroatoms. The molecule has 0 spiro atoms. The summed E-state index contributed by atoms with van der Waals surface area (Å²) in [5, 5.41) is 11.2. The minimum absolute atomic E-state index is 0.00808. The first-order chi connectivity index (χ1) is 16.5. The van der Waals surface area contributed by atoms with Crippen molar-refractivity contribution in [3.8, 4) is 17.2 Å². The first kappa shape index (κ1) is 22.8. The summed E-state index contributed by atoms with van der Waals surface area (Å²) in [7, 11) is 4.57. The van der Waals surface area contributed by atoms with Crippen LogP contribution in [0.3, 0.4) is 0 Å². The highest BCUT2D eigenvalue weighted by molar-refractivity contribution is 6.46. The average molecular weight is 460 g/mol. The van der Waals surface area contributed by atoms with Gasteiger partial charge in [-0.25, -0.2) is 0 Å². The molecule has 1 N–H and O–H groups in total. The lowest BCUT2D eigenvalue weighted by Gasteiger charge is -2.26. The van der Waals surface area contributed by atoms with Gasteiger partial charge >= 0.3 is 0 Å². The molecular weight excluding hydrogens is 436 g/mol. The van der Waals surface area contributed by atoms with Gasteiger partial charge in [-0.2, -0.15) is 0 Å². The zero-order chi connectivity index (χ0) is 24.2. The van der Waals surface area contributed by atoms with E-state index in [0.717, 1.165) is 5.56 Å². The number of aliphatic hydroxyl groups excluding tert-OH is 1. The second-order valence-electron chi connectivity index (χ2n) is 7.63. The number of hydrogen-bond acceptors (Lipinski definition) is 7. The van der Waals surface area contributed by atoms with Crippen molar-refractivity contribution in [2.45, 2.75) is 12.6 Å². The van der Waals surface area contributed by atoms with Crippen molar-refractivity contribution >= 4 is 17.4 Å². The zero-order valence-electron chi connectivity index (χ0n) is 19.0. The second kappa shape index (κ2) is 9.66. The Labute approximate surface area is 197 Å². The summed E-state index contributed by atoms with van der Waals surface area (Å²) in [6, 6.07) is 14.5. The van der Waals surface area contributed by atoms with Gasteiger partial charge in [0.1, 0.15) is 11.5 Å². The molecule has 0 aliphatic carbocycles. The van der Waals surface area contributed by atoms with Gasteiger partial charge in [-0.3, -0.25) is 14.6 Å². The number of methoxy groups -OCH3 is 3. The molecule has 1 amide bonds. The lowest BCUT2D eigenvalue weighted by molar-refractivity contribution is -0.140. The van der Waals surface area contributed by atoms with Gasteiger partial charge in [-0.15, -0.1) is 0 Å². The molecule has 1 aliphatic rings. The topological polar surface area (TPSA) is 98.2 Å². The lowest BCUT2D eigenvalue weighted by atomic mass is 9.94. The van der Waals surface area contributed by atoms with Crippen LogP contribution in [0.4, 0.5) is 0 Å². The Balaban J connectivity index is 1.87. The SMILES string of the molecule is COc1ccc(C(O)=C2C(=O)C(=O)N(Cc3cccnc3)C2c2ccc(OC)c(OC)c2)cc1. The quantitative estimate of drug-likeness (QED) is 0.326. The highest BCUT2D eigenvalue weighted by Gasteiger charge is 2.46. The second-order valence-corrected chi connectivity index (χ2v) is 7.63. The third-order valence-corrected chi connectivity index (χ3v) is 5.70. The molecule has 174 valence electrons. The minimum atomic E-state index is -0.845. The number of ether oxygens (including phenoxy) is 3. The molecule has 1 fully saturated rings. The predicted octanol–water partition coefficient (Wildman–Crippen LogP) is 3.73. The number of amides is 1. The van der Waals surface area contributed by atoms with E-state index >= 15 is 0 Å². The number of Topliss-reactive ketones (excluding diaryl/α,β-unsaturated/α-hetero) is 1. The minimum Gasteiger partial charge on any atom is -0.507 e. The molecule has 4 rings (SSSR count). The van der Waals surface area contributed by atoms with Crippen molar-refractivity contribution in [1.29, 1.82) is 0 Å². The van der Waals surface area contributed by atoms with Crippen LogP contribution in [0.5, 0.6) is 17.2 Å². The van der Waals surface area contributed by atoms with Gasteiger partial charge in [0, 0.05) is 24.5 Å². The van der Waals surface area contributed by atoms with Crippen molar-refractivity contribution in [1.82, 2.24) is 9.88 Å². The Hall–Kier alpha value is -4.33. The van der Waals surface area contributed by atoms with Gasteiger partial charge in [-0.05, 0) is 53.6 Å². The number of carbonyl (C=O) groups excluding carboxylic acids is 2. The summed E-state index contributed by atoms with van der Waals surface area (Å²) in [6.07, 6.45) is 3.27. The van der Waals surface area contributed by atoms with Crippen LogP contribution in [0.15, 0.2) is 72.6 Å². The maximum atomic E-state index is 13.2. The Morgan fingerprint density at radius 3 is 2.32 bits per heavy atom. The number of likely N-dealkylation sites (tertiary alicyclic amines) is 1. The standard InChI is InChI=1S/C26H24N2O6/c1-32-19-9-6-17(7-10-19)24(29)22-23(18-8-11-20(33-2)21(13-18)34-3)28(26(31)25(22)30)15-16-5-4-12-27-14-16/h4-14,23,29H,15H2,1-3H3. The van der Waals surface area contributed by atoms with Crippen LogP contribution in [0, 0.1) is 0 Å². The molecule has 1 atom stereocenters. The number of aliphatic hydroxyl groups is 1. The predicted molar refractivity (Wildman–Crippen MR) is 125 cm³/mol. The highest BCUT2D eigenvalue weighted by atomic mass is 16.5. The molecule has 0 saturated carbocycles. The van der Waals surface area contributed by atoms with Crippen LogP contribution < -0.4 is 14.2 Å². The maximum absolute atomic E-state index is 13.2. The molecule has 0 radical (unpaired) electrons. The third-order valence-electron chi connectivity index (χ3n) is 5.70. The van der Waals surface area contributed by atoms with Gasteiger partial charge in [0.25, 0.3) is 11.7 Å². The normalized spacial score (nSPS) is 17.0. The van der Waals surface area contributed by atoms with Crippen LogP contribution in [-0.2, 0) is 16.1 Å². The molecule has 1 unspecified atom stereocenters.